The fourth-order valence-electron chi connectivity index (χ4n) is 3.66. The van der Waals surface area contributed by atoms with Gasteiger partial charge < -0.3 is 4.74 Å². The molecular formula is C26H25ClN2O4S2. The summed E-state index contributed by atoms with van der Waals surface area (Å²) in [6.45, 7) is 2.21. The first-order valence-electron chi connectivity index (χ1n) is 11.1. The Morgan fingerprint density at radius 3 is 2.46 bits per heavy atom. The molecule has 0 N–H and O–H groups in total. The van der Waals surface area contributed by atoms with Crippen LogP contribution in [-0.4, -0.2) is 32.2 Å². The minimum absolute atomic E-state index is 0.0682. The Hall–Kier alpha value is -2.94. The third-order valence-electron chi connectivity index (χ3n) is 5.57. The molecule has 0 radical (unpaired) electrons. The largest absolute Gasteiger partial charge is 0.494 e. The molecule has 0 aliphatic heterocycles. The second kappa shape index (κ2) is 10.8. The molecule has 0 fully saturated rings. The lowest BCUT2D eigenvalue weighted by Crippen LogP contribution is -2.30. The number of carbonyl (C=O) groups is 1. The Labute approximate surface area is 214 Å². The molecule has 0 bridgehead atoms. The van der Waals surface area contributed by atoms with Crippen molar-refractivity contribution in [3.8, 4) is 5.75 Å². The molecule has 1 heterocycles. The number of aromatic nitrogens is 1. The van der Waals surface area contributed by atoms with Crippen molar-refractivity contribution < 1.29 is 17.9 Å². The molecule has 4 rings (SSSR count). The Morgan fingerprint density at radius 1 is 1.06 bits per heavy atom. The molecule has 0 saturated carbocycles. The Kier molecular flexibility index (Phi) is 7.74. The number of methoxy groups -OCH3 is 1. The standard InChI is InChI=1S/C26H25ClN2O4S2/c1-18-10-12-20(13-11-18)35(31,32)16-6-9-23(30)29(17-19-7-4-3-5-8-19)26-28-24-22(33-2)15-14-21(27)25(24)34-26/h3-5,7-8,10-15H,6,9,16-17H2,1-2H3. The summed E-state index contributed by atoms with van der Waals surface area (Å²) in [5.74, 6) is 0.255. The molecule has 0 atom stereocenters. The first-order chi connectivity index (χ1) is 16.8. The van der Waals surface area contributed by atoms with Crippen LogP contribution >= 0.6 is 22.9 Å². The number of aryl methyl sites for hydroxylation is 1. The summed E-state index contributed by atoms with van der Waals surface area (Å²) < 4.78 is 31.6. The van der Waals surface area contributed by atoms with Crippen LogP contribution < -0.4 is 9.64 Å². The average Bonchev–Trinajstić information content (AvgIpc) is 3.30. The molecular weight excluding hydrogens is 504 g/mol. The van der Waals surface area contributed by atoms with E-state index in [-0.39, 0.29) is 29.4 Å². The van der Waals surface area contributed by atoms with Crippen molar-refractivity contribution in [2.45, 2.75) is 31.2 Å². The highest BCUT2D eigenvalue weighted by Gasteiger charge is 2.23. The van der Waals surface area contributed by atoms with Gasteiger partial charge in [0.25, 0.3) is 0 Å². The summed E-state index contributed by atoms with van der Waals surface area (Å²) in [6.07, 6.45) is 0.272. The number of rotatable bonds is 9. The lowest BCUT2D eigenvalue weighted by atomic mass is 10.2. The van der Waals surface area contributed by atoms with Crippen LogP contribution in [-0.2, 0) is 21.2 Å². The van der Waals surface area contributed by atoms with Gasteiger partial charge in [-0.3, -0.25) is 9.69 Å². The van der Waals surface area contributed by atoms with Gasteiger partial charge in [0.1, 0.15) is 11.3 Å². The monoisotopic (exact) mass is 528 g/mol. The fourth-order valence-corrected chi connectivity index (χ4v) is 6.25. The van der Waals surface area contributed by atoms with E-state index in [1.165, 1.54) is 11.3 Å². The number of halogens is 1. The highest BCUT2D eigenvalue weighted by atomic mass is 35.5. The predicted octanol–water partition coefficient (Wildman–Crippen LogP) is 6.05. The molecule has 9 heteroatoms. The van der Waals surface area contributed by atoms with E-state index >= 15 is 0 Å². The second-order valence-electron chi connectivity index (χ2n) is 8.12. The van der Waals surface area contributed by atoms with E-state index in [1.54, 1.807) is 48.4 Å². The molecule has 0 aliphatic carbocycles. The molecule has 1 aromatic heterocycles. The Bertz CT molecular complexity index is 1440. The summed E-state index contributed by atoms with van der Waals surface area (Å²) in [4.78, 5) is 19.9. The van der Waals surface area contributed by atoms with Gasteiger partial charge in [-0.2, -0.15) is 0 Å². The van der Waals surface area contributed by atoms with E-state index in [4.69, 9.17) is 16.3 Å². The maximum Gasteiger partial charge on any atom is 0.229 e. The Morgan fingerprint density at radius 2 is 1.77 bits per heavy atom. The van der Waals surface area contributed by atoms with Crippen molar-refractivity contribution in [3.63, 3.8) is 0 Å². The summed E-state index contributed by atoms with van der Waals surface area (Å²) in [5.41, 5.74) is 2.52. The van der Waals surface area contributed by atoms with Crippen molar-refractivity contribution in [2.75, 3.05) is 17.8 Å². The number of nitrogens with zero attached hydrogens (tertiary/aromatic N) is 2. The summed E-state index contributed by atoms with van der Waals surface area (Å²) in [5, 5.41) is 1.02. The molecule has 6 nitrogen and oxygen atoms in total. The highest BCUT2D eigenvalue weighted by molar-refractivity contribution is 7.91. The number of sulfone groups is 1. The van der Waals surface area contributed by atoms with E-state index in [9.17, 15) is 13.2 Å². The minimum Gasteiger partial charge on any atom is -0.494 e. The highest BCUT2D eigenvalue weighted by Crippen LogP contribution is 2.39. The first-order valence-corrected chi connectivity index (χ1v) is 13.9. The summed E-state index contributed by atoms with van der Waals surface area (Å²) in [6, 6.07) is 19.8. The topological polar surface area (TPSA) is 76.6 Å². The lowest BCUT2D eigenvalue weighted by Gasteiger charge is -2.20. The van der Waals surface area contributed by atoms with Gasteiger partial charge in [0.05, 0.1) is 34.0 Å². The van der Waals surface area contributed by atoms with Gasteiger partial charge in [0.15, 0.2) is 15.0 Å². The van der Waals surface area contributed by atoms with Gasteiger partial charge in [0, 0.05) is 6.42 Å². The molecule has 3 aromatic carbocycles. The SMILES string of the molecule is COc1ccc(Cl)c2sc(N(Cc3ccccc3)C(=O)CCCS(=O)(=O)c3ccc(C)cc3)nc12. The smallest absolute Gasteiger partial charge is 0.229 e. The summed E-state index contributed by atoms with van der Waals surface area (Å²) in [7, 11) is -1.92. The van der Waals surface area contributed by atoms with Gasteiger partial charge in [-0.25, -0.2) is 13.4 Å². The number of fused-ring (bicyclic) bond motifs is 1. The number of hydrogen-bond acceptors (Lipinski definition) is 6. The lowest BCUT2D eigenvalue weighted by molar-refractivity contribution is -0.118. The maximum absolute atomic E-state index is 13.4. The number of hydrogen-bond donors (Lipinski definition) is 0. The van der Waals surface area contributed by atoms with Crippen LogP contribution in [0.15, 0.2) is 71.6 Å². The van der Waals surface area contributed by atoms with Crippen LogP contribution in [0.5, 0.6) is 5.75 Å². The van der Waals surface area contributed by atoms with Crippen LogP contribution in [0.2, 0.25) is 5.02 Å². The number of carbonyl (C=O) groups excluding carboxylic acids is 1. The molecule has 0 aliphatic rings. The number of anilines is 1. The molecule has 4 aromatic rings. The number of ether oxygens (including phenoxy) is 1. The third kappa shape index (κ3) is 5.83. The zero-order chi connectivity index (χ0) is 25.0. The van der Waals surface area contributed by atoms with Gasteiger partial charge in [-0.15, -0.1) is 0 Å². The molecule has 0 unspecified atom stereocenters. The Balaban J connectivity index is 1.57. The van der Waals surface area contributed by atoms with Crippen molar-refractivity contribution in [1.29, 1.82) is 0 Å². The van der Waals surface area contributed by atoms with Crippen LogP contribution in [0.25, 0.3) is 10.2 Å². The van der Waals surface area contributed by atoms with Crippen LogP contribution in [0, 0.1) is 6.92 Å². The van der Waals surface area contributed by atoms with E-state index in [0.29, 0.717) is 28.0 Å². The van der Waals surface area contributed by atoms with E-state index in [0.717, 1.165) is 15.8 Å². The van der Waals surface area contributed by atoms with Gasteiger partial charge in [-0.1, -0.05) is 71.0 Å². The minimum atomic E-state index is -3.47. The third-order valence-corrected chi connectivity index (χ3v) is 8.92. The van der Waals surface area contributed by atoms with Crippen molar-refractivity contribution >= 4 is 54.0 Å². The zero-order valence-electron chi connectivity index (χ0n) is 19.4. The molecule has 0 spiro atoms. The van der Waals surface area contributed by atoms with Crippen molar-refractivity contribution in [1.82, 2.24) is 4.98 Å². The number of thiazole rings is 1. The van der Waals surface area contributed by atoms with Gasteiger partial charge in [0.2, 0.25) is 5.91 Å². The molecule has 182 valence electrons. The first kappa shape index (κ1) is 25.2. The normalized spacial score (nSPS) is 11.5. The zero-order valence-corrected chi connectivity index (χ0v) is 21.8. The van der Waals surface area contributed by atoms with Crippen LogP contribution in [0.3, 0.4) is 0 Å². The van der Waals surface area contributed by atoms with E-state index in [2.05, 4.69) is 4.98 Å². The quantitative estimate of drug-likeness (QED) is 0.264. The van der Waals surface area contributed by atoms with Crippen molar-refractivity contribution in [3.05, 3.63) is 82.9 Å². The fraction of sp³-hybridized carbons (Fsp3) is 0.231. The summed E-state index contributed by atoms with van der Waals surface area (Å²) >= 11 is 7.70. The van der Waals surface area contributed by atoms with E-state index < -0.39 is 9.84 Å². The number of amides is 1. The predicted molar refractivity (Wildman–Crippen MR) is 141 cm³/mol. The van der Waals surface area contributed by atoms with Crippen LogP contribution in [0.4, 0.5) is 5.13 Å². The molecule has 35 heavy (non-hydrogen) atoms. The van der Waals surface area contributed by atoms with Gasteiger partial charge in [-0.05, 0) is 43.2 Å². The molecule has 0 saturated heterocycles. The average molecular weight is 529 g/mol. The van der Waals surface area contributed by atoms with Crippen LogP contribution in [0.1, 0.15) is 24.0 Å². The van der Waals surface area contributed by atoms with E-state index in [1.807, 2.05) is 37.3 Å². The van der Waals surface area contributed by atoms with Gasteiger partial charge >= 0.3 is 0 Å². The molecule has 1 amide bonds. The maximum atomic E-state index is 13.4. The van der Waals surface area contributed by atoms with Crippen molar-refractivity contribution in [2.24, 2.45) is 0 Å². The second-order valence-corrected chi connectivity index (χ2v) is 11.6. The number of benzene rings is 3.